The van der Waals surface area contributed by atoms with Crippen LogP contribution in [0, 0.1) is 11.8 Å². The molecule has 2 rings (SSSR count). The second-order valence-corrected chi connectivity index (χ2v) is 7.61. The van der Waals surface area contributed by atoms with E-state index >= 15 is 0 Å². The number of amides is 2. The Kier molecular flexibility index (Phi) is 6.76. The van der Waals surface area contributed by atoms with E-state index in [4.69, 9.17) is 5.11 Å². The molecule has 0 heterocycles. The SMILES string of the molecule is CCC(C)C(NC(=O)NC1CC(N(CC(=O)O)CC2CC2)C1)C(F)(F)F. The molecule has 2 amide bonds. The first-order valence-electron chi connectivity index (χ1n) is 9.19. The molecular weight excluding hydrogens is 351 g/mol. The molecule has 2 aliphatic rings. The summed E-state index contributed by atoms with van der Waals surface area (Å²) in [7, 11) is 0. The van der Waals surface area contributed by atoms with Gasteiger partial charge in [-0.25, -0.2) is 4.79 Å². The van der Waals surface area contributed by atoms with Crippen LogP contribution < -0.4 is 10.6 Å². The average Bonchev–Trinajstić information content (AvgIpc) is 3.29. The summed E-state index contributed by atoms with van der Waals surface area (Å²) >= 11 is 0. The number of aliphatic carboxylic acids is 1. The predicted molar refractivity (Wildman–Crippen MR) is 89.7 cm³/mol. The van der Waals surface area contributed by atoms with Crippen LogP contribution in [0.1, 0.15) is 46.0 Å². The Balaban J connectivity index is 1.79. The second-order valence-electron chi connectivity index (χ2n) is 7.61. The standard InChI is InChI=1S/C17H28F3N3O3/c1-3-10(2)15(17(18,19)20)22-16(26)21-12-6-13(7-12)23(9-14(24)25)8-11-4-5-11/h10-13,15H,3-9H2,1-2H3,(H,24,25)(H2,21,22,26). The van der Waals surface area contributed by atoms with Crippen LogP contribution in [0.25, 0.3) is 0 Å². The van der Waals surface area contributed by atoms with Gasteiger partial charge in [-0.15, -0.1) is 0 Å². The smallest absolute Gasteiger partial charge is 0.408 e. The number of carbonyl (C=O) groups excluding carboxylic acids is 1. The van der Waals surface area contributed by atoms with Gasteiger partial charge in [-0.05, 0) is 37.5 Å². The quantitative estimate of drug-likeness (QED) is 0.575. The highest BCUT2D eigenvalue weighted by Gasteiger charge is 2.44. The number of hydrogen-bond donors (Lipinski definition) is 3. The Morgan fingerprint density at radius 1 is 1.27 bits per heavy atom. The third-order valence-corrected chi connectivity index (χ3v) is 5.35. The van der Waals surface area contributed by atoms with Crippen molar-refractivity contribution in [3.8, 4) is 0 Å². The molecule has 2 unspecified atom stereocenters. The van der Waals surface area contributed by atoms with Crippen LogP contribution in [0.15, 0.2) is 0 Å². The largest absolute Gasteiger partial charge is 0.480 e. The van der Waals surface area contributed by atoms with Crippen LogP contribution in [0.5, 0.6) is 0 Å². The molecule has 2 aliphatic carbocycles. The number of rotatable bonds is 9. The number of nitrogens with zero attached hydrogens (tertiary/aromatic N) is 1. The average molecular weight is 379 g/mol. The number of hydrogen-bond acceptors (Lipinski definition) is 3. The molecule has 0 radical (unpaired) electrons. The van der Waals surface area contributed by atoms with Crippen molar-refractivity contribution in [3.05, 3.63) is 0 Å². The molecule has 2 fully saturated rings. The van der Waals surface area contributed by atoms with Crippen LogP contribution in [0.3, 0.4) is 0 Å². The number of alkyl halides is 3. The van der Waals surface area contributed by atoms with Gasteiger partial charge < -0.3 is 15.7 Å². The van der Waals surface area contributed by atoms with Gasteiger partial charge in [-0.3, -0.25) is 9.69 Å². The lowest BCUT2D eigenvalue weighted by Gasteiger charge is -2.43. The molecular formula is C17H28F3N3O3. The maximum atomic E-state index is 13.1. The number of urea groups is 1. The van der Waals surface area contributed by atoms with E-state index < -0.39 is 30.1 Å². The molecule has 0 aromatic heterocycles. The Morgan fingerprint density at radius 3 is 2.35 bits per heavy atom. The first kappa shape index (κ1) is 20.8. The monoisotopic (exact) mass is 379 g/mol. The minimum Gasteiger partial charge on any atom is -0.480 e. The summed E-state index contributed by atoms with van der Waals surface area (Å²) in [5, 5.41) is 13.6. The highest BCUT2D eigenvalue weighted by molar-refractivity contribution is 5.75. The number of nitrogens with one attached hydrogen (secondary N) is 2. The summed E-state index contributed by atoms with van der Waals surface area (Å²) in [6.45, 7) is 3.81. The van der Waals surface area contributed by atoms with Crippen molar-refractivity contribution in [2.75, 3.05) is 13.1 Å². The summed E-state index contributed by atoms with van der Waals surface area (Å²) < 4.78 is 39.2. The number of carboxylic acid groups (broad SMARTS) is 1. The van der Waals surface area contributed by atoms with Gasteiger partial charge in [0.25, 0.3) is 0 Å². The number of carbonyl (C=O) groups is 2. The van der Waals surface area contributed by atoms with Crippen molar-refractivity contribution in [1.82, 2.24) is 15.5 Å². The molecule has 0 bridgehead atoms. The molecule has 0 aromatic rings. The predicted octanol–water partition coefficient (Wildman–Crippen LogP) is 2.59. The van der Waals surface area contributed by atoms with Crippen LogP contribution in [0.2, 0.25) is 0 Å². The van der Waals surface area contributed by atoms with Crippen LogP contribution >= 0.6 is 0 Å². The van der Waals surface area contributed by atoms with Gasteiger partial charge in [0.1, 0.15) is 6.04 Å². The topological polar surface area (TPSA) is 81.7 Å². The Morgan fingerprint density at radius 2 is 1.88 bits per heavy atom. The second kappa shape index (κ2) is 8.45. The summed E-state index contributed by atoms with van der Waals surface area (Å²) in [5.74, 6) is -1.05. The molecule has 0 aromatic carbocycles. The van der Waals surface area contributed by atoms with Crippen LogP contribution in [-0.4, -0.2) is 59.4 Å². The van der Waals surface area contributed by atoms with E-state index in [1.165, 1.54) is 6.92 Å². The first-order valence-corrected chi connectivity index (χ1v) is 9.19. The number of carboxylic acids is 1. The lowest BCUT2D eigenvalue weighted by Crippen LogP contribution is -2.59. The highest BCUT2D eigenvalue weighted by Crippen LogP contribution is 2.34. The van der Waals surface area contributed by atoms with E-state index in [-0.39, 0.29) is 18.6 Å². The third-order valence-electron chi connectivity index (χ3n) is 5.35. The van der Waals surface area contributed by atoms with Crippen molar-refractivity contribution in [3.63, 3.8) is 0 Å². The van der Waals surface area contributed by atoms with E-state index in [9.17, 15) is 22.8 Å². The molecule has 3 N–H and O–H groups in total. The van der Waals surface area contributed by atoms with Gasteiger partial charge in [0, 0.05) is 18.6 Å². The maximum Gasteiger partial charge on any atom is 0.408 e. The van der Waals surface area contributed by atoms with E-state index in [1.807, 2.05) is 10.2 Å². The minimum atomic E-state index is -4.49. The summed E-state index contributed by atoms with van der Waals surface area (Å²) in [4.78, 5) is 24.8. The highest BCUT2D eigenvalue weighted by atomic mass is 19.4. The van der Waals surface area contributed by atoms with E-state index in [0.29, 0.717) is 25.2 Å². The van der Waals surface area contributed by atoms with Gasteiger partial charge in [0.15, 0.2) is 0 Å². The van der Waals surface area contributed by atoms with E-state index in [0.717, 1.165) is 19.4 Å². The summed E-state index contributed by atoms with van der Waals surface area (Å²) in [6, 6.07) is -2.85. The molecule has 0 spiro atoms. The fourth-order valence-electron chi connectivity index (χ4n) is 3.30. The van der Waals surface area contributed by atoms with Gasteiger partial charge in [-0.1, -0.05) is 20.3 Å². The zero-order chi connectivity index (χ0) is 19.5. The minimum absolute atomic E-state index is 0.0375. The zero-order valence-corrected chi connectivity index (χ0v) is 15.2. The van der Waals surface area contributed by atoms with Gasteiger partial charge in [0.2, 0.25) is 0 Å². The summed E-state index contributed by atoms with van der Waals surface area (Å²) in [6.07, 6.45) is -0.831. The van der Waals surface area contributed by atoms with Crippen molar-refractivity contribution >= 4 is 12.0 Å². The van der Waals surface area contributed by atoms with Crippen LogP contribution in [0.4, 0.5) is 18.0 Å². The zero-order valence-electron chi connectivity index (χ0n) is 15.2. The molecule has 26 heavy (non-hydrogen) atoms. The van der Waals surface area contributed by atoms with Crippen LogP contribution in [-0.2, 0) is 4.79 Å². The lowest BCUT2D eigenvalue weighted by atomic mass is 9.85. The van der Waals surface area contributed by atoms with E-state index in [2.05, 4.69) is 5.32 Å². The van der Waals surface area contributed by atoms with Crippen molar-refractivity contribution in [1.29, 1.82) is 0 Å². The van der Waals surface area contributed by atoms with E-state index in [1.54, 1.807) is 6.92 Å². The molecule has 0 saturated heterocycles. The van der Waals surface area contributed by atoms with Gasteiger partial charge >= 0.3 is 18.2 Å². The Hall–Kier alpha value is -1.51. The first-order chi connectivity index (χ1) is 12.1. The molecule has 150 valence electrons. The fourth-order valence-corrected chi connectivity index (χ4v) is 3.30. The third kappa shape index (κ3) is 6.03. The molecule has 9 heteroatoms. The normalized spacial score (nSPS) is 25.3. The van der Waals surface area contributed by atoms with Crippen molar-refractivity contribution < 1.29 is 27.9 Å². The van der Waals surface area contributed by atoms with Crippen molar-refractivity contribution in [2.24, 2.45) is 11.8 Å². The lowest BCUT2D eigenvalue weighted by molar-refractivity contribution is -0.163. The fraction of sp³-hybridized carbons (Fsp3) is 0.882. The van der Waals surface area contributed by atoms with Gasteiger partial charge in [-0.2, -0.15) is 13.2 Å². The Labute approximate surface area is 151 Å². The van der Waals surface area contributed by atoms with Crippen molar-refractivity contribution in [2.45, 2.75) is 70.3 Å². The molecule has 0 aliphatic heterocycles. The molecule has 2 saturated carbocycles. The Bertz CT molecular complexity index is 505. The number of halogens is 3. The molecule has 2 atom stereocenters. The van der Waals surface area contributed by atoms with Gasteiger partial charge in [0.05, 0.1) is 6.54 Å². The molecule has 6 nitrogen and oxygen atoms in total. The maximum absolute atomic E-state index is 13.1. The summed E-state index contributed by atoms with van der Waals surface area (Å²) in [5.41, 5.74) is 0.